The van der Waals surface area contributed by atoms with E-state index in [1.165, 1.54) is 0 Å². The van der Waals surface area contributed by atoms with E-state index in [2.05, 4.69) is 10.3 Å². The molecule has 0 saturated carbocycles. The van der Waals surface area contributed by atoms with Gasteiger partial charge in [0.1, 0.15) is 0 Å². The van der Waals surface area contributed by atoms with Gasteiger partial charge >= 0.3 is 0 Å². The molecule has 0 amide bonds. The van der Waals surface area contributed by atoms with Crippen molar-refractivity contribution >= 4 is 5.78 Å². The number of hydrogen-bond acceptors (Lipinski definition) is 3. The van der Waals surface area contributed by atoms with Crippen LogP contribution in [0.3, 0.4) is 0 Å². The molecule has 4 heteroatoms. The molecule has 3 N–H and O–H groups in total. The van der Waals surface area contributed by atoms with Crippen LogP contribution in [0.15, 0.2) is 48.7 Å². The van der Waals surface area contributed by atoms with Crippen molar-refractivity contribution < 1.29 is 9.90 Å². The molecule has 1 unspecified atom stereocenters. The molecule has 0 radical (unpaired) electrons. The van der Waals surface area contributed by atoms with E-state index in [0.29, 0.717) is 31.6 Å². The second-order valence-corrected chi connectivity index (χ2v) is 4.80. The van der Waals surface area contributed by atoms with E-state index in [1.807, 2.05) is 36.4 Å². The zero-order chi connectivity index (χ0) is 14.2. The Morgan fingerprint density at radius 2 is 2.00 bits per heavy atom. The summed E-state index contributed by atoms with van der Waals surface area (Å²) in [5, 5.41) is 13.0. The molecule has 1 aromatic carbocycles. The van der Waals surface area contributed by atoms with Crippen molar-refractivity contribution in [1.82, 2.24) is 10.3 Å². The highest BCUT2D eigenvalue weighted by molar-refractivity contribution is 5.94. The predicted octanol–water partition coefficient (Wildman–Crippen LogP) is 1.78. The maximum Gasteiger partial charge on any atom is 0.180 e. The molecule has 0 aliphatic carbocycles. The van der Waals surface area contributed by atoms with Crippen LogP contribution < -0.4 is 5.32 Å². The Balaban J connectivity index is 1.62. The second-order valence-electron chi connectivity index (χ2n) is 4.80. The van der Waals surface area contributed by atoms with Crippen LogP contribution in [0.4, 0.5) is 0 Å². The van der Waals surface area contributed by atoms with Gasteiger partial charge in [-0.3, -0.25) is 4.79 Å². The average Bonchev–Trinajstić information content (AvgIpc) is 2.99. The largest absolute Gasteiger partial charge is 0.391 e. The van der Waals surface area contributed by atoms with Gasteiger partial charge in [0.2, 0.25) is 0 Å². The maximum atomic E-state index is 11.7. The molecule has 0 aliphatic rings. The number of Topliss-reactive ketones (excluding diaryl/α,β-unsaturated/α-hetero) is 1. The lowest BCUT2D eigenvalue weighted by Crippen LogP contribution is -2.30. The fraction of sp³-hybridized carbons (Fsp3) is 0.312. The third-order valence-electron chi connectivity index (χ3n) is 3.12. The van der Waals surface area contributed by atoms with Gasteiger partial charge in [-0.05, 0) is 24.1 Å². The quantitative estimate of drug-likeness (QED) is 0.507. The summed E-state index contributed by atoms with van der Waals surface area (Å²) in [4.78, 5) is 14.6. The summed E-state index contributed by atoms with van der Waals surface area (Å²) in [7, 11) is 0. The molecule has 1 atom stereocenters. The van der Waals surface area contributed by atoms with E-state index >= 15 is 0 Å². The van der Waals surface area contributed by atoms with Crippen LogP contribution >= 0.6 is 0 Å². The van der Waals surface area contributed by atoms with Crippen molar-refractivity contribution in [2.24, 2.45) is 0 Å². The predicted molar refractivity (Wildman–Crippen MR) is 78.8 cm³/mol. The first-order valence-electron chi connectivity index (χ1n) is 6.85. The molecule has 0 saturated heterocycles. The standard InChI is InChI=1S/C16H20N2O2/c19-14(11-13-5-2-1-3-6-13)12-17-10-8-16(20)15-7-4-9-18-15/h1-7,9,14,17-19H,8,10-12H2. The molecule has 0 spiro atoms. The zero-order valence-corrected chi connectivity index (χ0v) is 11.4. The van der Waals surface area contributed by atoms with Crippen molar-refractivity contribution in [3.8, 4) is 0 Å². The van der Waals surface area contributed by atoms with Crippen molar-refractivity contribution in [2.45, 2.75) is 18.9 Å². The first-order valence-corrected chi connectivity index (χ1v) is 6.85. The molecular formula is C16H20N2O2. The number of aromatic amines is 1. The van der Waals surface area contributed by atoms with Gasteiger partial charge in [0.05, 0.1) is 11.8 Å². The van der Waals surface area contributed by atoms with E-state index in [1.54, 1.807) is 12.3 Å². The van der Waals surface area contributed by atoms with Crippen LogP contribution in [0.2, 0.25) is 0 Å². The van der Waals surface area contributed by atoms with Crippen molar-refractivity contribution in [3.05, 3.63) is 59.9 Å². The SMILES string of the molecule is O=C(CCNCC(O)Cc1ccccc1)c1ccc[nH]1. The van der Waals surface area contributed by atoms with Gasteiger partial charge < -0.3 is 15.4 Å². The molecule has 106 valence electrons. The highest BCUT2D eigenvalue weighted by atomic mass is 16.3. The van der Waals surface area contributed by atoms with Crippen LogP contribution in [0.25, 0.3) is 0 Å². The minimum Gasteiger partial charge on any atom is -0.391 e. The summed E-state index contributed by atoms with van der Waals surface area (Å²) < 4.78 is 0. The number of carbonyl (C=O) groups excluding carboxylic acids is 1. The first-order chi connectivity index (χ1) is 9.75. The summed E-state index contributed by atoms with van der Waals surface area (Å²) in [5.74, 6) is 0.0834. The number of ketones is 1. The van der Waals surface area contributed by atoms with Crippen LogP contribution in [-0.4, -0.2) is 35.1 Å². The van der Waals surface area contributed by atoms with E-state index < -0.39 is 6.10 Å². The average molecular weight is 272 g/mol. The molecule has 1 heterocycles. The Kier molecular flexibility index (Phi) is 5.53. The number of aliphatic hydroxyl groups is 1. The highest BCUT2D eigenvalue weighted by Gasteiger charge is 2.07. The number of carbonyl (C=O) groups is 1. The number of H-pyrrole nitrogens is 1. The smallest absolute Gasteiger partial charge is 0.180 e. The van der Waals surface area contributed by atoms with Gasteiger partial charge in [0.15, 0.2) is 5.78 Å². The minimum atomic E-state index is -0.432. The maximum absolute atomic E-state index is 11.7. The van der Waals surface area contributed by atoms with Gasteiger partial charge in [0, 0.05) is 25.7 Å². The van der Waals surface area contributed by atoms with E-state index in [0.717, 1.165) is 5.56 Å². The zero-order valence-electron chi connectivity index (χ0n) is 11.4. The summed E-state index contributed by atoms with van der Waals surface area (Å²) >= 11 is 0. The van der Waals surface area contributed by atoms with Crippen LogP contribution in [0.5, 0.6) is 0 Å². The Bertz CT molecular complexity index is 509. The molecule has 1 aromatic heterocycles. The Labute approximate surface area is 118 Å². The number of nitrogens with one attached hydrogen (secondary N) is 2. The fourth-order valence-corrected chi connectivity index (χ4v) is 2.07. The molecule has 0 fully saturated rings. The number of hydrogen-bond donors (Lipinski definition) is 3. The summed E-state index contributed by atoms with van der Waals surface area (Å²) in [5.41, 5.74) is 1.75. The summed E-state index contributed by atoms with van der Waals surface area (Å²) in [6, 6.07) is 13.5. The Hall–Kier alpha value is -1.91. The molecule has 20 heavy (non-hydrogen) atoms. The van der Waals surface area contributed by atoms with E-state index in [4.69, 9.17) is 0 Å². The summed E-state index contributed by atoms with van der Waals surface area (Å²) in [6.07, 6.45) is 2.36. The fourth-order valence-electron chi connectivity index (χ4n) is 2.07. The summed E-state index contributed by atoms with van der Waals surface area (Å²) in [6.45, 7) is 1.07. The van der Waals surface area contributed by atoms with Gasteiger partial charge in [-0.1, -0.05) is 30.3 Å². The van der Waals surface area contributed by atoms with Crippen LogP contribution in [0.1, 0.15) is 22.5 Å². The molecular weight excluding hydrogens is 252 g/mol. The Morgan fingerprint density at radius 3 is 2.70 bits per heavy atom. The number of aromatic nitrogens is 1. The van der Waals surface area contributed by atoms with Gasteiger partial charge in [0.25, 0.3) is 0 Å². The van der Waals surface area contributed by atoms with Crippen molar-refractivity contribution in [1.29, 1.82) is 0 Å². The first kappa shape index (κ1) is 14.5. The lowest BCUT2D eigenvalue weighted by Gasteiger charge is -2.11. The second kappa shape index (κ2) is 7.62. The highest BCUT2D eigenvalue weighted by Crippen LogP contribution is 2.03. The molecule has 0 bridgehead atoms. The molecule has 4 nitrogen and oxygen atoms in total. The molecule has 2 aromatic rings. The van der Waals surface area contributed by atoms with Crippen LogP contribution in [-0.2, 0) is 6.42 Å². The number of benzene rings is 1. The number of aliphatic hydroxyl groups excluding tert-OH is 1. The van der Waals surface area contributed by atoms with Crippen molar-refractivity contribution in [2.75, 3.05) is 13.1 Å². The number of rotatable bonds is 8. The van der Waals surface area contributed by atoms with Crippen molar-refractivity contribution in [3.63, 3.8) is 0 Å². The van der Waals surface area contributed by atoms with Gasteiger partial charge in [-0.15, -0.1) is 0 Å². The monoisotopic (exact) mass is 272 g/mol. The minimum absolute atomic E-state index is 0.0834. The topological polar surface area (TPSA) is 65.1 Å². The lowest BCUT2D eigenvalue weighted by molar-refractivity contribution is 0.0975. The third kappa shape index (κ3) is 4.64. The molecule has 2 rings (SSSR count). The van der Waals surface area contributed by atoms with Gasteiger partial charge in [-0.25, -0.2) is 0 Å². The van der Waals surface area contributed by atoms with Crippen LogP contribution in [0, 0.1) is 0 Å². The third-order valence-corrected chi connectivity index (χ3v) is 3.12. The van der Waals surface area contributed by atoms with Gasteiger partial charge in [-0.2, -0.15) is 0 Å². The Morgan fingerprint density at radius 1 is 1.20 bits per heavy atom. The normalized spacial score (nSPS) is 12.2. The van der Waals surface area contributed by atoms with E-state index in [9.17, 15) is 9.90 Å². The van der Waals surface area contributed by atoms with E-state index in [-0.39, 0.29) is 5.78 Å². The molecule has 0 aliphatic heterocycles. The lowest BCUT2D eigenvalue weighted by atomic mass is 10.1.